The molecule has 222 valence electrons. The quantitative estimate of drug-likeness (QED) is 0.0995. The van der Waals surface area contributed by atoms with E-state index in [2.05, 4.69) is 56.3 Å². The summed E-state index contributed by atoms with van der Waals surface area (Å²) < 4.78 is 16.6. The van der Waals surface area contributed by atoms with Crippen molar-refractivity contribution in [1.82, 2.24) is 0 Å². The number of unbranched alkanes of at least 4 members (excludes halogenated alkanes) is 2. The number of carbonyl (C=O) groups is 1. The van der Waals surface area contributed by atoms with Crippen LogP contribution in [-0.4, -0.2) is 25.6 Å². The number of ether oxygens (including phenoxy) is 3. The van der Waals surface area contributed by atoms with Crippen LogP contribution in [0.15, 0.2) is 60.7 Å². The fourth-order valence-electron chi connectivity index (χ4n) is 6.27. The molecule has 2 aromatic carbocycles. The van der Waals surface area contributed by atoms with Crippen LogP contribution < -0.4 is 4.74 Å². The van der Waals surface area contributed by atoms with Crippen molar-refractivity contribution in [2.45, 2.75) is 89.2 Å². The molecule has 5 atom stereocenters. The van der Waals surface area contributed by atoms with Gasteiger partial charge in [-0.25, -0.2) is 4.79 Å². The molecule has 0 saturated heterocycles. The van der Waals surface area contributed by atoms with Crippen molar-refractivity contribution >= 4 is 28.9 Å². The second-order valence-electron chi connectivity index (χ2n) is 11.4. The highest BCUT2D eigenvalue weighted by Crippen LogP contribution is 2.49. The lowest BCUT2D eigenvalue weighted by atomic mass is 9.81. The normalized spacial score (nSPS) is 21.1. The van der Waals surface area contributed by atoms with E-state index >= 15 is 0 Å². The summed E-state index contributed by atoms with van der Waals surface area (Å²) in [7, 11) is 3.12. The number of hydrogen-bond acceptors (Lipinski definition) is 5. The summed E-state index contributed by atoms with van der Waals surface area (Å²) in [6, 6.07) is 21.3. The number of carbonyl (C=O) groups excluding carboxylic acids is 1. The van der Waals surface area contributed by atoms with Gasteiger partial charge in [-0.1, -0.05) is 69.5 Å². The number of hydrogen-bond donors (Lipinski definition) is 0. The summed E-state index contributed by atoms with van der Waals surface area (Å²) >= 11 is 8.49. The van der Waals surface area contributed by atoms with Crippen molar-refractivity contribution in [2.75, 3.05) is 14.2 Å². The molecule has 41 heavy (non-hydrogen) atoms. The number of esters is 1. The molecule has 0 spiro atoms. The predicted octanol–water partition coefficient (Wildman–Crippen LogP) is 9.75. The summed E-state index contributed by atoms with van der Waals surface area (Å²) in [6.07, 6.45) is 8.84. The van der Waals surface area contributed by atoms with Gasteiger partial charge in [0.1, 0.15) is 10.6 Å². The lowest BCUT2D eigenvalue weighted by molar-refractivity contribution is 0.0321. The van der Waals surface area contributed by atoms with E-state index in [-0.39, 0.29) is 17.5 Å². The second kappa shape index (κ2) is 15.8. The van der Waals surface area contributed by atoms with Crippen molar-refractivity contribution in [3.05, 3.63) is 87.1 Å². The topological polar surface area (TPSA) is 44.8 Å². The molecule has 1 heterocycles. The number of rotatable bonds is 15. The molecule has 1 aliphatic rings. The van der Waals surface area contributed by atoms with E-state index < -0.39 is 0 Å². The van der Waals surface area contributed by atoms with Gasteiger partial charge in [0.25, 0.3) is 0 Å². The van der Waals surface area contributed by atoms with Crippen LogP contribution in [0.5, 0.6) is 5.75 Å². The van der Waals surface area contributed by atoms with E-state index in [0.29, 0.717) is 29.2 Å². The van der Waals surface area contributed by atoms with E-state index in [1.165, 1.54) is 47.3 Å². The van der Waals surface area contributed by atoms with Gasteiger partial charge in [-0.2, -0.15) is 0 Å². The smallest absolute Gasteiger partial charge is 0.348 e. The van der Waals surface area contributed by atoms with Gasteiger partial charge in [-0.15, -0.1) is 22.9 Å². The molecule has 0 bridgehead atoms. The summed E-state index contributed by atoms with van der Waals surface area (Å²) in [5, 5.41) is 0.193. The molecular formula is C35H45ClO4S. The molecule has 1 saturated carbocycles. The van der Waals surface area contributed by atoms with Crippen LogP contribution in [0.4, 0.5) is 0 Å². The maximum Gasteiger partial charge on any atom is 0.348 e. The Morgan fingerprint density at radius 1 is 1.00 bits per heavy atom. The average molecular weight is 597 g/mol. The highest BCUT2D eigenvalue weighted by atomic mass is 35.5. The minimum absolute atomic E-state index is 0.0796. The Morgan fingerprint density at radius 2 is 1.76 bits per heavy atom. The van der Waals surface area contributed by atoms with Crippen molar-refractivity contribution < 1.29 is 19.0 Å². The maximum atomic E-state index is 11.8. The van der Waals surface area contributed by atoms with E-state index in [0.717, 1.165) is 49.8 Å². The van der Waals surface area contributed by atoms with Gasteiger partial charge >= 0.3 is 5.97 Å². The molecule has 0 amide bonds. The van der Waals surface area contributed by atoms with Gasteiger partial charge in [0.05, 0.1) is 26.9 Å². The first-order valence-corrected chi connectivity index (χ1v) is 16.3. The Balaban J connectivity index is 1.40. The van der Waals surface area contributed by atoms with E-state index in [4.69, 9.17) is 25.8 Å². The summed E-state index contributed by atoms with van der Waals surface area (Å²) in [5.74, 6) is 2.06. The fraction of sp³-hybridized carbons (Fsp3) is 0.514. The molecule has 6 heteroatoms. The number of aryl methyl sites for hydroxylation is 1. The molecule has 4 rings (SSSR count). The van der Waals surface area contributed by atoms with Crippen LogP contribution in [0, 0.1) is 11.8 Å². The lowest BCUT2D eigenvalue weighted by Gasteiger charge is -2.26. The zero-order valence-corrected chi connectivity index (χ0v) is 26.5. The van der Waals surface area contributed by atoms with Crippen LogP contribution in [0.2, 0.25) is 0 Å². The Bertz CT molecular complexity index is 1210. The lowest BCUT2D eigenvalue weighted by Crippen LogP contribution is -2.16. The Hall–Kier alpha value is -2.34. The second-order valence-corrected chi connectivity index (χ2v) is 13.1. The van der Waals surface area contributed by atoms with Gasteiger partial charge in [0.15, 0.2) is 0 Å². The summed E-state index contributed by atoms with van der Waals surface area (Å²) in [4.78, 5) is 13.7. The first kappa shape index (κ1) is 31.6. The first-order valence-electron chi connectivity index (χ1n) is 15.1. The van der Waals surface area contributed by atoms with Crippen LogP contribution in [0.25, 0.3) is 0 Å². The largest absolute Gasteiger partial charge is 0.497 e. The van der Waals surface area contributed by atoms with Crippen LogP contribution >= 0.6 is 22.9 Å². The fourth-order valence-corrected chi connectivity index (χ4v) is 7.80. The van der Waals surface area contributed by atoms with Gasteiger partial charge in [0.2, 0.25) is 0 Å². The number of thiophene rings is 1. The van der Waals surface area contributed by atoms with E-state index in [9.17, 15) is 4.79 Å². The number of benzene rings is 2. The molecular weight excluding hydrogens is 552 g/mol. The Kier molecular flexibility index (Phi) is 12.1. The highest BCUT2D eigenvalue weighted by Gasteiger charge is 2.40. The molecule has 1 aliphatic carbocycles. The van der Waals surface area contributed by atoms with Gasteiger partial charge < -0.3 is 14.2 Å². The third-order valence-electron chi connectivity index (χ3n) is 8.52. The first-order chi connectivity index (χ1) is 19.9. The molecule has 1 unspecified atom stereocenters. The maximum absolute atomic E-state index is 11.8. The van der Waals surface area contributed by atoms with E-state index in [1.54, 1.807) is 7.11 Å². The molecule has 0 radical (unpaired) electrons. The SMILES string of the molecule is CCCCCC(OCc1ccc(OC)cc1)c1ccc([C@@H]2[C@@H](CCCc3ccc(C(=O)OC)s3)[C@H](Cl)C[C@H]2C)cc1. The Morgan fingerprint density at radius 3 is 2.44 bits per heavy atom. The minimum atomic E-state index is -0.256. The highest BCUT2D eigenvalue weighted by molar-refractivity contribution is 7.13. The summed E-state index contributed by atoms with van der Waals surface area (Å²) in [5.41, 5.74) is 3.80. The van der Waals surface area contributed by atoms with Gasteiger partial charge in [-0.3, -0.25) is 0 Å². The van der Waals surface area contributed by atoms with Crippen molar-refractivity contribution in [3.8, 4) is 5.75 Å². The van der Waals surface area contributed by atoms with Gasteiger partial charge in [-0.05, 0) is 90.8 Å². The van der Waals surface area contributed by atoms with E-state index in [1.807, 2.05) is 18.2 Å². The number of methoxy groups -OCH3 is 2. The summed E-state index contributed by atoms with van der Waals surface area (Å²) in [6.45, 7) is 5.18. The molecule has 3 aromatic rings. The van der Waals surface area contributed by atoms with Crippen molar-refractivity contribution in [3.63, 3.8) is 0 Å². The molecule has 1 aromatic heterocycles. The third-order valence-corrected chi connectivity index (χ3v) is 10.1. The van der Waals surface area contributed by atoms with Crippen LogP contribution in [0.3, 0.4) is 0 Å². The monoisotopic (exact) mass is 596 g/mol. The standard InChI is InChI=1S/C35H45ClO4S/c1-5-6-7-11-32(40-23-25-12-18-28(38-3)19-13-25)26-14-16-27(17-15-26)34-24(2)22-31(36)30(34)10-8-9-29-20-21-33(41-29)35(37)39-4/h12-21,24,30-32,34H,5-11,22-23H2,1-4H3/t24-,30+,31-,32?,34-/m1/s1. The van der Waals surface area contributed by atoms with Crippen molar-refractivity contribution in [1.29, 1.82) is 0 Å². The van der Waals surface area contributed by atoms with Gasteiger partial charge in [0, 0.05) is 10.3 Å². The van der Waals surface area contributed by atoms with Crippen molar-refractivity contribution in [2.24, 2.45) is 11.8 Å². The number of alkyl halides is 1. The zero-order chi connectivity index (χ0) is 29.2. The predicted molar refractivity (Wildman–Crippen MR) is 169 cm³/mol. The minimum Gasteiger partial charge on any atom is -0.497 e. The number of halogens is 1. The molecule has 4 nitrogen and oxygen atoms in total. The third kappa shape index (κ3) is 8.59. The molecule has 0 N–H and O–H groups in total. The van der Waals surface area contributed by atoms with Crippen LogP contribution in [0.1, 0.15) is 102 Å². The van der Waals surface area contributed by atoms with Crippen LogP contribution in [-0.2, 0) is 22.5 Å². The Labute approximate surface area is 255 Å². The molecule has 0 aliphatic heterocycles. The zero-order valence-electron chi connectivity index (χ0n) is 24.9. The molecule has 1 fully saturated rings. The average Bonchev–Trinajstić information content (AvgIpc) is 3.58.